The maximum atomic E-state index is 11.6. The number of sulfonamides is 1. The van der Waals surface area contributed by atoms with Crippen LogP contribution >= 0.6 is 0 Å². The van der Waals surface area contributed by atoms with Crippen molar-refractivity contribution >= 4 is 21.6 Å². The van der Waals surface area contributed by atoms with Crippen LogP contribution in [0.2, 0.25) is 0 Å². The van der Waals surface area contributed by atoms with E-state index in [1.165, 1.54) is 0 Å². The number of nitrogens with one attached hydrogen (secondary N) is 2. The van der Waals surface area contributed by atoms with Gasteiger partial charge >= 0.3 is 0 Å². The standard InChI is InChI=1S/C12H19N3O4S/c1-2-14-12(16)9-15-20(17,18)8-7-19-11-6-4-3-5-10(11)13/h3-6,15H,2,7-9,13H2,1H3,(H,14,16). The van der Waals surface area contributed by atoms with Gasteiger partial charge in [-0.25, -0.2) is 13.1 Å². The number of rotatable bonds is 8. The first-order chi connectivity index (χ1) is 9.44. The highest BCUT2D eigenvalue weighted by Crippen LogP contribution is 2.19. The molecule has 0 unspecified atom stereocenters. The van der Waals surface area contributed by atoms with Gasteiger partial charge in [-0.05, 0) is 19.1 Å². The number of carbonyl (C=O) groups is 1. The van der Waals surface area contributed by atoms with E-state index in [9.17, 15) is 13.2 Å². The maximum Gasteiger partial charge on any atom is 0.235 e. The lowest BCUT2D eigenvalue weighted by molar-refractivity contribution is -0.119. The first kappa shape index (κ1) is 16.3. The van der Waals surface area contributed by atoms with Gasteiger partial charge in [0, 0.05) is 6.54 Å². The van der Waals surface area contributed by atoms with E-state index in [2.05, 4.69) is 10.0 Å². The molecule has 20 heavy (non-hydrogen) atoms. The number of para-hydroxylation sites is 2. The Morgan fingerprint density at radius 1 is 1.35 bits per heavy atom. The summed E-state index contributed by atoms with van der Waals surface area (Å²) in [6.07, 6.45) is 0. The molecule has 7 nitrogen and oxygen atoms in total. The van der Waals surface area contributed by atoms with Crippen molar-refractivity contribution in [1.29, 1.82) is 0 Å². The summed E-state index contributed by atoms with van der Waals surface area (Å²) in [5.74, 6) is -0.184. The molecule has 8 heteroatoms. The van der Waals surface area contributed by atoms with Gasteiger partial charge in [0.05, 0.1) is 18.0 Å². The fourth-order valence-electron chi connectivity index (χ4n) is 1.38. The van der Waals surface area contributed by atoms with Gasteiger partial charge in [-0.15, -0.1) is 0 Å². The zero-order valence-electron chi connectivity index (χ0n) is 11.3. The second-order valence-electron chi connectivity index (χ2n) is 3.98. The molecule has 0 atom stereocenters. The normalized spacial score (nSPS) is 11.1. The quantitative estimate of drug-likeness (QED) is 0.571. The van der Waals surface area contributed by atoms with Gasteiger partial charge in [-0.3, -0.25) is 4.79 Å². The average molecular weight is 301 g/mol. The summed E-state index contributed by atoms with van der Waals surface area (Å²) in [5, 5.41) is 2.49. The van der Waals surface area contributed by atoms with Gasteiger partial charge in [0.2, 0.25) is 15.9 Å². The van der Waals surface area contributed by atoms with Crippen molar-refractivity contribution in [2.45, 2.75) is 6.92 Å². The SMILES string of the molecule is CCNC(=O)CNS(=O)(=O)CCOc1ccccc1N. The highest BCUT2D eigenvalue weighted by molar-refractivity contribution is 7.89. The van der Waals surface area contributed by atoms with Crippen LogP contribution in [0, 0.1) is 0 Å². The minimum atomic E-state index is -3.55. The van der Waals surface area contributed by atoms with Crippen LogP contribution in [0.5, 0.6) is 5.75 Å². The van der Waals surface area contributed by atoms with Crippen molar-refractivity contribution in [3.8, 4) is 5.75 Å². The zero-order chi connectivity index (χ0) is 15.0. The Morgan fingerprint density at radius 2 is 2.05 bits per heavy atom. The third kappa shape index (κ3) is 5.89. The second kappa shape index (κ2) is 7.71. The molecule has 0 radical (unpaired) electrons. The van der Waals surface area contributed by atoms with Crippen LogP contribution in [0.1, 0.15) is 6.92 Å². The number of ether oxygens (including phenoxy) is 1. The summed E-state index contributed by atoms with van der Waals surface area (Å²) in [6.45, 7) is 1.89. The van der Waals surface area contributed by atoms with Crippen LogP contribution < -0.4 is 20.5 Å². The summed E-state index contributed by atoms with van der Waals surface area (Å²) in [6, 6.07) is 6.82. The molecule has 0 aliphatic heterocycles. The molecule has 0 fully saturated rings. The number of amides is 1. The van der Waals surface area contributed by atoms with Crippen LogP contribution in [0.25, 0.3) is 0 Å². The van der Waals surface area contributed by atoms with Crippen LogP contribution in [0.3, 0.4) is 0 Å². The molecule has 1 aromatic carbocycles. The Morgan fingerprint density at radius 3 is 2.70 bits per heavy atom. The van der Waals surface area contributed by atoms with Crippen molar-refractivity contribution in [1.82, 2.24) is 10.0 Å². The molecule has 4 N–H and O–H groups in total. The van der Waals surface area contributed by atoms with Crippen molar-refractivity contribution in [3.05, 3.63) is 24.3 Å². The van der Waals surface area contributed by atoms with Gasteiger partial charge in [-0.1, -0.05) is 12.1 Å². The molecule has 1 rings (SSSR count). The molecule has 0 saturated heterocycles. The number of anilines is 1. The predicted molar refractivity (Wildman–Crippen MR) is 76.8 cm³/mol. The van der Waals surface area contributed by atoms with Crippen molar-refractivity contribution in [2.24, 2.45) is 0 Å². The van der Waals surface area contributed by atoms with Crippen LogP contribution in [-0.4, -0.2) is 39.8 Å². The molecular formula is C12H19N3O4S. The summed E-state index contributed by atoms with van der Waals surface area (Å²) in [7, 11) is -3.55. The number of nitrogen functional groups attached to an aromatic ring is 1. The molecule has 0 aliphatic carbocycles. The minimum Gasteiger partial charge on any atom is -0.490 e. The lowest BCUT2D eigenvalue weighted by Crippen LogP contribution is -2.38. The Bertz CT molecular complexity index is 545. The Hall–Kier alpha value is -1.80. The molecule has 0 saturated carbocycles. The number of hydrogen-bond donors (Lipinski definition) is 3. The molecule has 0 aromatic heterocycles. The van der Waals surface area contributed by atoms with E-state index >= 15 is 0 Å². The summed E-state index contributed by atoms with van der Waals surface area (Å²) < 4.78 is 30.7. The Balaban J connectivity index is 2.37. The largest absolute Gasteiger partial charge is 0.490 e. The van der Waals surface area contributed by atoms with Gasteiger partial charge in [0.15, 0.2) is 0 Å². The minimum absolute atomic E-state index is 0.0427. The Kier molecular flexibility index (Phi) is 6.26. The molecule has 0 spiro atoms. The average Bonchev–Trinajstić information content (AvgIpc) is 2.39. The lowest BCUT2D eigenvalue weighted by atomic mass is 10.3. The highest BCUT2D eigenvalue weighted by atomic mass is 32.2. The first-order valence-electron chi connectivity index (χ1n) is 6.16. The lowest BCUT2D eigenvalue weighted by Gasteiger charge is -2.09. The summed E-state index contributed by atoms with van der Waals surface area (Å²) >= 11 is 0. The van der Waals surface area contributed by atoms with E-state index < -0.39 is 10.0 Å². The topological polar surface area (TPSA) is 111 Å². The van der Waals surface area contributed by atoms with Gasteiger partial charge in [0.25, 0.3) is 0 Å². The maximum absolute atomic E-state index is 11.6. The van der Waals surface area contributed by atoms with Crippen LogP contribution in [0.4, 0.5) is 5.69 Å². The van der Waals surface area contributed by atoms with Crippen molar-refractivity contribution in [3.63, 3.8) is 0 Å². The first-order valence-corrected chi connectivity index (χ1v) is 7.81. The van der Waals surface area contributed by atoms with Crippen molar-refractivity contribution < 1.29 is 17.9 Å². The molecule has 1 amide bonds. The van der Waals surface area contributed by atoms with Crippen molar-refractivity contribution in [2.75, 3.05) is 31.2 Å². The summed E-state index contributed by atoms with van der Waals surface area (Å²) in [4.78, 5) is 11.1. The fourth-order valence-corrected chi connectivity index (χ4v) is 2.18. The third-order valence-electron chi connectivity index (χ3n) is 2.36. The fraction of sp³-hybridized carbons (Fsp3) is 0.417. The molecule has 0 aliphatic rings. The van der Waals surface area contributed by atoms with Gasteiger partial charge in [0.1, 0.15) is 12.4 Å². The van der Waals surface area contributed by atoms with E-state index in [0.717, 1.165) is 0 Å². The van der Waals surface area contributed by atoms with E-state index in [4.69, 9.17) is 10.5 Å². The van der Waals surface area contributed by atoms with Crippen LogP contribution in [-0.2, 0) is 14.8 Å². The number of nitrogens with two attached hydrogens (primary N) is 1. The zero-order valence-corrected chi connectivity index (χ0v) is 12.1. The predicted octanol–water partition coefficient (Wildman–Crippen LogP) is -0.297. The van der Waals surface area contributed by atoms with Crippen LogP contribution in [0.15, 0.2) is 24.3 Å². The van der Waals surface area contributed by atoms with E-state index in [-0.39, 0.29) is 24.8 Å². The molecular weight excluding hydrogens is 282 g/mol. The smallest absolute Gasteiger partial charge is 0.235 e. The number of carbonyl (C=O) groups excluding carboxylic acids is 1. The number of likely N-dealkylation sites (N-methyl/N-ethyl adjacent to an activating group) is 1. The Labute approximate surface area is 118 Å². The monoisotopic (exact) mass is 301 g/mol. The van der Waals surface area contributed by atoms with E-state index in [1.807, 2.05) is 0 Å². The molecule has 0 heterocycles. The molecule has 1 aromatic rings. The second-order valence-corrected chi connectivity index (χ2v) is 5.91. The van der Waals surface area contributed by atoms with E-state index in [1.54, 1.807) is 31.2 Å². The van der Waals surface area contributed by atoms with Gasteiger partial charge in [-0.2, -0.15) is 0 Å². The summed E-state index contributed by atoms with van der Waals surface area (Å²) in [5.41, 5.74) is 6.10. The van der Waals surface area contributed by atoms with Gasteiger partial charge < -0.3 is 15.8 Å². The third-order valence-corrected chi connectivity index (χ3v) is 3.64. The molecule has 0 bridgehead atoms. The number of benzene rings is 1. The number of hydrogen-bond acceptors (Lipinski definition) is 5. The highest BCUT2D eigenvalue weighted by Gasteiger charge is 2.12. The van der Waals surface area contributed by atoms with E-state index in [0.29, 0.717) is 18.0 Å². The molecule has 112 valence electrons.